The Kier molecular flexibility index (Phi) is 7.21. The number of nitrogens with zero attached hydrogens (tertiary/aromatic N) is 2. The van der Waals surface area contributed by atoms with E-state index in [2.05, 4.69) is 44.5 Å². The molecule has 0 aliphatic carbocycles. The Morgan fingerprint density at radius 1 is 0.885 bits per heavy atom. The molecule has 0 radical (unpaired) electrons. The molecule has 1 fully saturated rings. The molecule has 138 valence electrons. The highest BCUT2D eigenvalue weighted by Gasteiger charge is 2.35. The molecular formula is C20H24Cl2N4. The molecule has 3 aromatic rings. The molecule has 1 aliphatic rings. The van der Waals surface area contributed by atoms with Crippen LogP contribution in [0.2, 0.25) is 0 Å². The third kappa shape index (κ3) is 4.26. The van der Waals surface area contributed by atoms with Crippen LogP contribution in [0.4, 0.5) is 0 Å². The maximum absolute atomic E-state index is 4.67. The summed E-state index contributed by atoms with van der Waals surface area (Å²) >= 11 is 0. The molecule has 0 saturated carbocycles. The van der Waals surface area contributed by atoms with Gasteiger partial charge in [-0.05, 0) is 38.1 Å². The molecular weight excluding hydrogens is 367 g/mol. The molecule has 2 aromatic heterocycles. The second kappa shape index (κ2) is 9.17. The summed E-state index contributed by atoms with van der Waals surface area (Å²) in [6, 6.07) is 16.5. The Morgan fingerprint density at radius 3 is 2.31 bits per heavy atom. The minimum Gasteiger partial charge on any atom is -0.342 e. The molecule has 26 heavy (non-hydrogen) atoms. The number of H-pyrrole nitrogens is 1. The van der Waals surface area contributed by atoms with Gasteiger partial charge in [-0.3, -0.25) is 4.98 Å². The van der Waals surface area contributed by atoms with Crippen molar-refractivity contribution in [1.29, 1.82) is 0 Å². The predicted molar refractivity (Wildman–Crippen MR) is 110 cm³/mol. The highest BCUT2D eigenvalue weighted by molar-refractivity contribution is 5.85. The van der Waals surface area contributed by atoms with Gasteiger partial charge in [0.1, 0.15) is 5.82 Å². The summed E-state index contributed by atoms with van der Waals surface area (Å²) in [5.74, 6) is 0.940. The average Bonchev–Trinajstić information content (AvgIpc) is 3.12. The van der Waals surface area contributed by atoms with Crippen LogP contribution in [0.15, 0.2) is 60.9 Å². The Labute approximate surface area is 166 Å². The van der Waals surface area contributed by atoms with E-state index in [0.29, 0.717) is 0 Å². The van der Waals surface area contributed by atoms with E-state index in [1.54, 1.807) is 0 Å². The van der Waals surface area contributed by atoms with Crippen LogP contribution in [-0.4, -0.2) is 28.0 Å². The third-order valence-electron chi connectivity index (χ3n) is 4.97. The molecule has 4 rings (SSSR count). The SMILES string of the molecule is Cl.Cl.c1ccc(-c2ncc(CC3(c4ccccn4)CCNCC3)[nH]2)cc1. The summed E-state index contributed by atoms with van der Waals surface area (Å²) in [6.07, 6.45) is 7.04. The fourth-order valence-corrected chi connectivity index (χ4v) is 3.66. The van der Waals surface area contributed by atoms with Crippen LogP contribution < -0.4 is 5.32 Å². The summed E-state index contributed by atoms with van der Waals surface area (Å²) in [7, 11) is 0. The molecule has 3 heterocycles. The fourth-order valence-electron chi connectivity index (χ4n) is 3.66. The number of benzene rings is 1. The monoisotopic (exact) mass is 390 g/mol. The Morgan fingerprint density at radius 2 is 1.62 bits per heavy atom. The molecule has 0 amide bonds. The van der Waals surface area contributed by atoms with Crippen LogP contribution in [0.25, 0.3) is 11.4 Å². The standard InChI is InChI=1S/C20H22N4.2ClH/c1-2-6-16(7-3-1)19-23-15-17(24-19)14-20(9-12-21-13-10-20)18-8-4-5-11-22-18;;/h1-8,11,15,21H,9-10,12-14H2,(H,23,24);2*1H. The predicted octanol–water partition coefficient (Wildman–Crippen LogP) is 4.18. The highest BCUT2D eigenvalue weighted by atomic mass is 35.5. The normalized spacial score (nSPS) is 15.5. The van der Waals surface area contributed by atoms with Crippen molar-refractivity contribution in [3.8, 4) is 11.4 Å². The van der Waals surface area contributed by atoms with Crippen LogP contribution in [-0.2, 0) is 11.8 Å². The Bertz CT molecular complexity index is 784. The van der Waals surface area contributed by atoms with Gasteiger partial charge in [0.2, 0.25) is 0 Å². The zero-order chi connectivity index (χ0) is 16.2. The average molecular weight is 391 g/mol. The fraction of sp³-hybridized carbons (Fsp3) is 0.300. The van der Waals surface area contributed by atoms with Crippen LogP contribution in [0.1, 0.15) is 24.2 Å². The van der Waals surface area contributed by atoms with E-state index in [1.807, 2.05) is 36.7 Å². The summed E-state index contributed by atoms with van der Waals surface area (Å²) in [4.78, 5) is 12.8. The van der Waals surface area contributed by atoms with Gasteiger partial charge in [-0.1, -0.05) is 36.4 Å². The van der Waals surface area contributed by atoms with Gasteiger partial charge in [-0.2, -0.15) is 0 Å². The number of hydrogen-bond donors (Lipinski definition) is 2. The van der Waals surface area contributed by atoms with Gasteiger partial charge in [-0.25, -0.2) is 4.98 Å². The van der Waals surface area contributed by atoms with E-state index < -0.39 is 0 Å². The summed E-state index contributed by atoms with van der Waals surface area (Å²) in [5.41, 5.74) is 3.59. The van der Waals surface area contributed by atoms with Gasteiger partial charge in [-0.15, -0.1) is 24.8 Å². The highest BCUT2D eigenvalue weighted by Crippen LogP contribution is 2.35. The first-order valence-corrected chi connectivity index (χ1v) is 8.57. The molecule has 2 N–H and O–H groups in total. The van der Waals surface area contributed by atoms with E-state index >= 15 is 0 Å². The van der Waals surface area contributed by atoms with Crippen molar-refractivity contribution in [3.63, 3.8) is 0 Å². The molecule has 0 bridgehead atoms. The first-order valence-electron chi connectivity index (χ1n) is 8.57. The lowest BCUT2D eigenvalue weighted by molar-refractivity contribution is 0.295. The van der Waals surface area contributed by atoms with Crippen molar-refractivity contribution in [1.82, 2.24) is 20.3 Å². The number of pyridine rings is 1. The zero-order valence-corrected chi connectivity index (χ0v) is 16.2. The van der Waals surface area contributed by atoms with Crippen molar-refractivity contribution in [2.75, 3.05) is 13.1 Å². The van der Waals surface area contributed by atoms with Gasteiger partial charge < -0.3 is 10.3 Å². The second-order valence-electron chi connectivity index (χ2n) is 6.55. The maximum atomic E-state index is 4.67. The van der Waals surface area contributed by atoms with Crippen LogP contribution in [0.3, 0.4) is 0 Å². The Hall–Kier alpha value is -1.88. The lowest BCUT2D eigenvalue weighted by Crippen LogP contribution is -2.42. The number of aromatic amines is 1. The minimum atomic E-state index is 0. The summed E-state index contributed by atoms with van der Waals surface area (Å²) < 4.78 is 0. The molecule has 4 nitrogen and oxygen atoms in total. The number of rotatable bonds is 4. The van der Waals surface area contributed by atoms with Crippen molar-refractivity contribution in [2.45, 2.75) is 24.7 Å². The number of halogens is 2. The molecule has 0 atom stereocenters. The molecule has 0 spiro atoms. The van der Waals surface area contributed by atoms with E-state index in [4.69, 9.17) is 0 Å². The number of aromatic nitrogens is 3. The van der Waals surface area contributed by atoms with Crippen LogP contribution >= 0.6 is 24.8 Å². The van der Waals surface area contributed by atoms with E-state index in [9.17, 15) is 0 Å². The van der Waals surface area contributed by atoms with Crippen molar-refractivity contribution in [2.24, 2.45) is 0 Å². The minimum absolute atomic E-state index is 0. The van der Waals surface area contributed by atoms with Crippen LogP contribution in [0, 0.1) is 0 Å². The number of imidazole rings is 1. The first kappa shape index (κ1) is 20.4. The van der Waals surface area contributed by atoms with Crippen molar-refractivity contribution < 1.29 is 0 Å². The lowest BCUT2D eigenvalue weighted by Gasteiger charge is -2.37. The van der Waals surface area contributed by atoms with Crippen molar-refractivity contribution in [3.05, 3.63) is 72.3 Å². The molecule has 6 heteroatoms. The smallest absolute Gasteiger partial charge is 0.137 e. The topological polar surface area (TPSA) is 53.6 Å². The third-order valence-corrected chi connectivity index (χ3v) is 4.97. The van der Waals surface area contributed by atoms with Gasteiger partial charge in [0.25, 0.3) is 0 Å². The van der Waals surface area contributed by atoms with E-state index in [0.717, 1.165) is 43.7 Å². The van der Waals surface area contributed by atoms with E-state index in [1.165, 1.54) is 11.4 Å². The summed E-state index contributed by atoms with van der Waals surface area (Å²) in [5, 5.41) is 3.47. The van der Waals surface area contributed by atoms with Gasteiger partial charge >= 0.3 is 0 Å². The summed E-state index contributed by atoms with van der Waals surface area (Å²) in [6.45, 7) is 2.08. The van der Waals surface area contributed by atoms with Gasteiger partial charge in [0, 0.05) is 41.2 Å². The molecule has 1 aliphatic heterocycles. The van der Waals surface area contributed by atoms with Gasteiger partial charge in [0.05, 0.1) is 0 Å². The first-order chi connectivity index (χ1) is 11.9. The number of nitrogens with one attached hydrogen (secondary N) is 2. The molecule has 1 saturated heterocycles. The molecule has 0 unspecified atom stereocenters. The van der Waals surface area contributed by atoms with E-state index in [-0.39, 0.29) is 30.2 Å². The van der Waals surface area contributed by atoms with Gasteiger partial charge in [0.15, 0.2) is 0 Å². The second-order valence-corrected chi connectivity index (χ2v) is 6.55. The number of piperidine rings is 1. The van der Waals surface area contributed by atoms with Crippen LogP contribution in [0.5, 0.6) is 0 Å². The zero-order valence-electron chi connectivity index (χ0n) is 14.5. The largest absolute Gasteiger partial charge is 0.342 e. The quantitative estimate of drug-likeness (QED) is 0.702. The lowest BCUT2D eigenvalue weighted by atomic mass is 9.72. The number of hydrogen-bond acceptors (Lipinski definition) is 3. The molecule has 1 aromatic carbocycles. The maximum Gasteiger partial charge on any atom is 0.137 e. The Balaban J connectivity index is 0.00000121. The van der Waals surface area contributed by atoms with Crippen molar-refractivity contribution >= 4 is 24.8 Å².